The molecule has 0 saturated carbocycles. The van der Waals surface area contributed by atoms with Crippen molar-refractivity contribution < 1.29 is 23.8 Å². The van der Waals surface area contributed by atoms with Crippen molar-refractivity contribution in [1.29, 1.82) is 0 Å². The Morgan fingerprint density at radius 2 is 1.96 bits per heavy atom. The molecular formula is C19H20FNO4. The zero-order valence-corrected chi connectivity index (χ0v) is 13.9. The van der Waals surface area contributed by atoms with Gasteiger partial charge in [-0.1, -0.05) is 31.2 Å². The predicted molar refractivity (Wildman–Crippen MR) is 91.2 cm³/mol. The van der Waals surface area contributed by atoms with E-state index in [2.05, 4.69) is 5.32 Å². The molecule has 2 aromatic rings. The van der Waals surface area contributed by atoms with E-state index < -0.39 is 17.9 Å². The Kier molecular flexibility index (Phi) is 6.51. The summed E-state index contributed by atoms with van der Waals surface area (Å²) in [5.41, 5.74) is 1.02. The van der Waals surface area contributed by atoms with Crippen molar-refractivity contribution in [2.75, 3.05) is 6.54 Å². The summed E-state index contributed by atoms with van der Waals surface area (Å²) in [5, 5.41) is 11.7. The fourth-order valence-corrected chi connectivity index (χ4v) is 2.32. The maximum atomic E-state index is 13.6. The summed E-state index contributed by atoms with van der Waals surface area (Å²) in [7, 11) is 0. The molecule has 132 valence electrons. The van der Waals surface area contributed by atoms with E-state index >= 15 is 0 Å². The molecule has 0 aromatic heterocycles. The van der Waals surface area contributed by atoms with Gasteiger partial charge in [0.05, 0.1) is 5.56 Å². The number of para-hydroxylation sites is 1. The summed E-state index contributed by atoms with van der Waals surface area (Å²) in [6, 6.07) is 12.5. The highest BCUT2D eigenvalue weighted by molar-refractivity contribution is 5.87. The van der Waals surface area contributed by atoms with Crippen LogP contribution in [-0.2, 0) is 11.2 Å². The Bertz CT molecular complexity index is 748. The molecule has 1 amide bonds. The number of carboxylic acids is 1. The van der Waals surface area contributed by atoms with Crippen LogP contribution in [0.2, 0.25) is 0 Å². The van der Waals surface area contributed by atoms with Gasteiger partial charge in [0.1, 0.15) is 0 Å². The van der Waals surface area contributed by atoms with Crippen LogP contribution in [0.15, 0.2) is 48.5 Å². The number of amides is 1. The third-order valence-corrected chi connectivity index (χ3v) is 3.66. The predicted octanol–water partition coefficient (Wildman–Crippen LogP) is 3.04. The summed E-state index contributed by atoms with van der Waals surface area (Å²) in [6.07, 6.45) is 0.0970. The monoisotopic (exact) mass is 345 g/mol. The first kappa shape index (κ1) is 18.4. The minimum absolute atomic E-state index is 0.0404. The van der Waals surface area contributed by atoms with Crippen LogP contribution in [0.3, 0.4) is 0 Å². The number of hydrogen-bond acceptors (Lipinski definition) is 3. The minimum Gasteiger partial charge on any atom is -0.478 e. The van der Waals surface area contributed by atoms with Crippen LogP contribution < -0.4 is 10.1 Å². The molecule has 0 aliphatic rings. The molecule has 0 aliphatic carbocycles. The van der Waals surface area contributed by atoms with E-state index in [1.807, 2.05) is 0 Å². The van der Waals surface area contributed by atoms with Gasteiger partial charge < -0.3 is 15.2 Å². The number of hydrogen-bond donors (Lipinski definition) is 2. The summed E-state index contributed by atoms with van der Waals surface area (Å²) < 4.78 is 19.1. The van der Waals surface area contributed by atoms with Crippen molar-refractivity contribution in [1.82, 2.24) is 5.32 Å². The number of nitrogens with one attached hydrogen (secondary N) is 1. The van der Waals surface area contributed by atoms with E-state index in [4.69, 9.17) is 9.84 Å². The second-order valence-electron chi connectivity index (χ2n) is 5.49. The SMILES string of the molecule is CCC(Oc1ccccc1F)C(=O)NCCc1cccc(C(=O)O)c1. The molecule has 0 spiro atoms. The van der Waals surface area contributed by atoms with Gasteiger partial charge in [-0.15, -0.1) is 0 Å². The lowest BCUT2D eigenvalue weighted by Crippen LogP contribution is -2.39. The van der Waals surface area contributed by atoms with Crippen molar-refractivity contribution in [3.63, 3.8) is 0 Å². The molecular weight excluding hydrogens is 325 g/mol. The number of benzene rings is 2. The standard InChI is InChI=1S/C19H20FNO4/c1-2-16(25-17-9-4-3-8-15(17)20)18(22)21-11-10-13-6-5-7-14(12-13)19(23)24/h3-9,12,16H,2,10-11H2,1H3,(H,21,22)(H,23,24). The van der Waals surface area contributed by atoms with E-state index in [1.54, 1.807) is 37.3 Å². The fourth-order valence-electron chi connectivity index (χ4n) is 2.32. The molecule has 25 heavy (non-hydrogen) atoms. The molecule has 2 aromatic carbocycles. The Balaban J connectivity index is 1.89. The van der Waals surface area contributed by atoms with Crippen LogP contribution in [0.1, 0.15) is 29.3 Å². The number of rotatable bonds is 8. The van der Waals surface area contributed by atoms with Crippen molar-refractivity contribution in [2.45, 2.75) is 25.9 Å². The van der Waals surface area contributed by atoms with E-state index in [0.717, 1.165) is 5.56 Å². The van der Waals surface area contributed by atoms with Gasteiger partial charge in [-0.3, -0.25) is 4.79 Å². The number of carbonyl (C=O) groups is 2. The minimum atomic E-state index is -0.991. The number of carboxylic acid groups (broad SMARTS) is 1. The molecule has 0 heterocycles. The van der Waals surface area contributed by atoms with E-state index in [-0.39, 0.29) is 17.2 Å². The molecule has 1 atom stereocenters. The molecule has 1 unspecified atom stereocenters. The first-order chi connectivity index (χ1) is 12.0. The Hall–Kier alpha value is -2.89. The van der Waals surface area contributed by atoms with Crippen molar-refractivity contribution in [3.05, 3.63) is 65.5 Å². The Labute approximate surface area is 145 Å². The molecule has 0 radical (unpaired) electrons. The molecule has 2 N–H and O–H groups in total. The van der Waals surface area contributed by atoms with Crippen LogP contribution in [0.25, 0.3) is 0 Å². The van der Waals surface area contributed by atoms with Crippen LogP contribution in [0, 0.1) is 5.82 Å². The van der Waals surface area contributed by atoms with Gasteiger partial charge in [-0.2, -0.15) is 0 Å². The lowest BCUT2D eigenvalue weighted by Gasteiger charge is -2.17. The fraction of sp³-hybridized carbons (Fsp3) is 0.263. The highest BCUT2D eigenvalue weighted by Crippen LogP contribution is 2.18. The van der Waals surface area contributed by atoms with Gasteiger partial charge in [0.25, 0.3) is 5.91 Å². The maximum Gasteiger partial charge on any atom is 0.335 e. The zero-order chi connectivity index (χ0) is 18.2. The lowest BCUT2D eigenvalue weighted by atomic mass is 10.1. The van der Waals surface area contributed by atoms with Gasteiger partial charge in [0.2, 0.25) is 0 Å². The summed E-state index contributed by atoms with van der Waals surface area (Å²) in [5.74, 6) is -1.80. The number of aromatic carboxylic acids is 1. The second-order valence-corrected chi connectivity index (χ2v) is 5.49. The molecule has 2 rings (SSSR count). The van der Waals surface area contributed by atoms with Gasteiger partial charge in [-0.05, 0) is 42.7 Å². The molecule has 0 bridgehead atoms. The number of carbonyl (C=O) groups excluding carboxylic acids is 1. The first-order valence-electron chi connectivity index (χ1n) is 8.02. The Morgan fingerprint density at radius 1 is 1.20 bits per heavy atom. The van der Waals surface area contributed by atoms with Crippen molar-refractivity contribution in [2.24, 2.45) is 0 Å². The quantitative estimate of drug-likeness (QED) is 0.771. The molecule has 0 aliphatic heterocycles. The highest BCUT2D eigenvalue weighted by atomic mass is 19.1. The topological polar surface area (TPSA) is 75.6 Å². The van der Waals surface area contributed by atoms with Crippen LogP contribution in [-0.4, -0.2) is 29.6 Å². The van der Waals surface area contributed by atoms with Crippen molar-refractivity contribution in [3.8, 4) is 5.75 Å². The van der Waals surface area contributed by atoms with Crippen molar-refractivity contribution >= 4 is 11.9 Å². The summed E-state index contributed by atoms with van der Waals surface area (Å²) >= 11 is 0. The van der Waals surface area contributed by atoms with Gasteiger partial charge >= 0.3 is 5.97 Å². The largest absolute Gasteiger partial charge is 0.478 e. The van der Waals surface area contributed by atoms with E-state index in [9.17, 15) is 14.0 Å². The molecule has 6 heteroatoms. The molecule has 0 saturated heterocycles. The molecule has 5 nitrogen and oxygen atoms in total. The summed E-state index contributed by atoms with van der Waals surface area (Å²) in [4.78, 5) is 23.2. The summed E-state index contributed by atoms with van der Waals surface area (Å²) in [6.45, 7) is 2.11. The van der Waals surface area contributed by atoms with Gasteiger partial charge in [-0.25, -0.2) is 9.18 Å². The van der Waals surface area contributed by atoms with Crippen LogP contribution in [0.4, 0.5) is 4.39 Å². The number of halogens is 1. The molecule has 0 fully saturated rings. The Morgan fingerprint density at radius 3 is 2.64 bits per heavy atom. The average molecular weight is 345 g/mol. The van der Waals surface area contributed by atoms with Gasteiger partial charge in [0, 0.05) is 6.54 Å². The number of ether oxygens (including phenoxy) is 1. The first-order valence-corrected chi connectivity index (χ1v) is 8.02. The smallest absolute Gasteiger partial charge is 0.335 e. The third kappa shape index (κ3) is 5.31. The van der Waals surface area contributed by atoms with Crippen LogP contribution >= 0.6 is 0 Å². The van der Waals surface area contributed by atoms with E-state index in [0.29, 0.717) is 19.4 Å². The lowest BCUT2D eigenvalue weighted by molar-refractivity contribution is -0.128. The second kappa shape index (κ2) is 8.82. The van der Waals surface area contributed by atoms with Gasteiger partial charge in [0.15, 0.2) is 17.7 Å². The normalized spacial score (nSPS) is 11.6. The van der Waals surface area contributed by atoms with Crippen LogP contribution in [0.5, 0.6) is 5.75 Å². The third-order valence-electron chi connectivity index (χ3n) is 3.66. The zero-order valence-electron chi connectivity index (χ0n) is 13.9. The highest BCUT2D eigenvalue weighted by Gasteiger charge is 2.19. The average Bonchev–Trinajstić information content (AvgIpc) is 2.61. The van der Waals surface area contributed by atoms with E-state index in [1.165, 1.54) is 18.2 Å². The maximum absolute atomic E-state index is 13.6.